The summed E-state index contributed by atoms with van der Waals surface area (Å²) < 4.78 is 22.0. The van der Waals surface area contributed by atoms with Crippen LogP contribution in [0.2, 0.25) is 0 Å². The van der Waals surface area contributed by atoms with Crippen molar-refractivity contribution in [1.82, 2.24) is 0 Å². The molecule has 0 aromatic rings. The van der Waals surface area contributed by atoms with E-state index in [1.54, 1.807) is 0 Å². The fourth-order valence-electron chi connectivity index (χ4n) is 1.23. The predicted octanol–water partition coefficient (Wildman–Crippen LogP) is 2.24. The minimum Gasteiger partial charge on any atom is -0.212 e. The Labute approximate surface area is 99.6 Å². The van der Waals surface area contributed by atoms with Gasteiger partial charge in [0.2, 0.25) is 0 Å². The summed E-state index contributed by atoms with van der Waals surface area (Å²) >= 11 is 0.995. The molecule has 0 aliphatic carbocycles. The van der Waals surface area contributed by atoms with Crippen molar-refractivity contribution in [3.8, 4) is 0 Å². The van der Waals surface area contributed by atoms with Crippen molar-refractivity contribution >= 4 is 32.2 Å². The molecule has 2 atom stereocenters. The first-order chi connectivity index (χ1) is 7.10. The molecule has 0 saturated carbocycles. The van der Waals surface area contributed by atoms with Gasteiger partial charge in [0, 0.05) is 0 Å². The quantitative estimate of drug-likeness (QED) is 0.676. The summed E-state index contributed by atoms with van der Waals surface area (Å²) in [6.07, 6.45) is 2.70. The van der Waals surface area contributed by atoms with Crippen LogP contribution in [0.1, 0.15) is 47.0 Å². The van der Waals surface area contributed by atoms with Gasteiger partial charge in [-0.1, -0.05) is 34.1 Å². The molecule has 0 spiro atoms. The van der Waals surface area contributed by atoms with Crippen LogP contribution in [-0.2, 0) is 22.5 Å². The van der Waals surface area contributed by atoms with E-state index in [9.17, 15) is 8.42 Å². The van der Waals surface area contributed by atoms with Crippen LogP contribution in [0, 0.1) is 11.8 Å². The Morgan fingerprint density at radius 1 is 1.07 bits per heavy atom. The summed E-state index contributed by atoms with van der Waals surface area (Å²) in [6.45, 7) is 8.26. The third-order valence-electron chi connectivity index (χ3n) is 2.76. The maximum absolute atomic E-state index is 11.0. The molecule has 4 heteroatoms. The molecule has 2 nitrogen and oxygen atoms in total. The average Bonchev–Trinajstić information content (AvgIpc) is 2.27. The van der Waals surface area contributed by atoms with Gasteiger partial charge in [-0.15, -0.1) is 0 Å². The fraction of sp³-hybridized carbons (Fsp3) is 0.818. The van der Waals surface area contributed by atoms with E-state index < -0.39 is 0 Å². The van der Waals surface area contributed by atoms with Crippen LogP contribution in [0.4, 0.5) is 0 Å². The zero-order chi connectivity index (χ0) is 11.8. The highest BCUT2D eigenvalue weighted by atomic mass is 32.1. The van der Waals surface area contributed by atoms with Gasteiger partial charge >= 0.3 is 0 Å². The van der Waals surface area contributed by atoms with Gasteiger partial charge in [0.25, 0.3) is 0 Å². The Morgan fingerprint density at radius 3 is 2.00 bits per heavy atom. The van der Waals surface area contributed by atoms with Gasteiger partial charge in [-0.2, -0.15) is 0 Å². The smallest absolute Gasteiger partial charge is 0.0935 e. The molecule has 0 aliphatic heterocycles. The maximum atomic E-state index is 11.0. The highest BCUT2D eigenvalue weighted by molar-refractivity contribution is 7.76. The molecule has 0 amide bonds. The van der Waals surface area contributed by atoms with E-state index in [1.807, 2.05) is 13.8 Å². The van der Waals surface area contributed by atoms with Gasteiger partial charge in [0.1, 0.15) is 0 Å². The standard InChI is InChI=1S/C11H20O2S2/c1-5-8(3)7-10(14-12)11(15-13)9(4)6-2/h8-9H,5-7H2,1-4H3. The van der Waals surface area contributed by atoms with E-state index >= 15 is 0 Å². The zero-order valence-electron chi connectivity index (χ0n) is 9.91. The third-order valence-corrected chi connectivity index (χ3v) is 4.30. The van der Waals surface area contributed by atoms with Crippen LogP contribution in [0.25, 0.3) is 0 Å². The lowest BCUT2D eigenvalue weighted by Crippen LogP contribution is -2.23. The van der Waals surface area contributed by atoms with E-state index in [2.05, 4.69) is 13.8 Å². The van der Waals surface area contributed by atoms with E-state index in [4.69, 9.17) is 0 Å². The zero-order valence-corrected chi connectivity index (χ0v) is 11.5. The summed E-state index contributed by atoms with van der Waals surface area (Å²) in [5.41, 5.74) is 0. The molecular formula is C11H20O2S2. The lowest BCUT2D eigenvalue weighted by atomic mass is 9.95. The molecule has 0 radical (unpaired) electrons. The molecule has 0 aliphatic rings. The highest BCUT2D eigenvalue weighted by Gasteiger charge is 2.16. The Bertz CT molecular complexity index is 300. The Hall–Kier alpha value is -0.220. The van der Waals surface area contributed by atoms with Crippen molar-refractivity contribution in [3.05, 3.63) is 0 Å². The SMILES string of the molecule is CCC(C)CC(=S=O)C(=S=O)C(C)CC. The van der Waals surface area contributed by atoms with Crippen LogP contribution in [0.3, 0.4) is 0 Å². The first kappa shape index (κ1) is 14.8. The summed E-state index contributed by atoms with van der Waals surface area (Å²) in [6, 6.07) is 0. The highest BCUT2D eigenvalue weighted by Crippen LogP contribution is 2.12. The third kappa shape index (κ3) is 4.89. The molecule has 15 heavy (non-hydrogen) atoms. The first-order valence-electron chi connectivity index (χ1n) is 5.43. The molecule has 0 fully saturated rings. The molecule has 0 aromatic carbocycles. The second kappa shape index (κ2) is 7.99. The lowest BCUT2D eigenvalue weighted by molar-refractivity contribution is 0.590. The average molecular weight is 248 g/mol. The number of rotatable bonds is 6. The lowest BCUT2D eigenvalue weighted by Gasteiger charge is -2.13. The number of hydrogen-bond acceptors (Lipinski definition) is 2. The maximum Gasteiger partial charge on any atom is 0.0935 e. The Morgan fingerprint density at radius 2 is 1.67 bits per heavy atom. The topological polar surface area (TPSA) is 34.1 Å². The fourth-order valence-corrected chi connectivity index (χ4v) is 2.57. The van der Waals surface area contributed by atoms with Crippen LogP contribution >= 0.6 is 0 Å². The van der Waals surface area contributed by atoms with Crippen LogP contribution in [0.15, 0.2) is 0 Å². The molecule has 0 N–H and O–H groups in total. The normalized spacial score (nSPS) is 14.1. The molecule has 0 bridgehead atoms. The van der Waals surface area contributed by atoms with Crippen molar-refractivity contribution in [1.29, 1.82) is 0 Å². The van der Waals surface area contributed by atoms with Gasteiger partial charge in [-0.3, -0.25) is 0 Å². The molecule has 0 heterocycles. The predicted molar refractivity (Wildman–Crippen MR) is 69.8 cm³/mol. The summed E-state index contributed by atoms with van der Waals surface area (Å²) in [5, 5.41) is 0. The largest absolute Gasteiger partial charge is 0.212 e. The van der Waals surface area contributed by atoms with Gasteiger partial charge in [-0.05, 0) is 24.7 Å². The summed E-state index contributed by atoms with van der Waals surface area (Å²) in [7, 11) is 0. The van der Waals surface area contributed by atoms with Gasteiger partial charge < -0.3 is 0 Å². The van der Waals surface area contributed by atoms with Crippen LogP contribution < -0.4 is 0 Å². The minimum atomic E-state index is 0.216. The minimum absolute atomic E-state index is 0.216. The number of hydrogen-bond donors (Lipinski definition) is 0. The molecule has 2 unspecified atom stereocenters. The van der Waals surface area contributed by atoms with Crippen molar-refractivity contribution in [3.63, 3.8) is 0 Å². The van der Waals surface area contributed by atoms with E-state index in [0.29, 0.717) is 28.4 Å². The molecule has 0 saturated heterocycles. The van der Waals surface area contributed by atoms with Gasteiger partial charge in [0.05, 0.1) is 32.2 Å². The van der Waals surface area contributed by atoms with E-state index in [-0.39, 0.29) is 5.92 Å². The van der Waals surface area contributed by atoms with Crippen molar-refractivity contribution in [2.45, 2.75) is 47.0 Å². The monoisotopic (exact) mass is 248 g/mol. The Kier molecular flexibility index (Phi) is 7.88. The van der Waals surface area contributed by atoms with Crippen LogP contribution in [0.5, 0.6) is 0 Å². The summed E-state index contributed by atoms with van der Waals surface area (Å²) in [4.78, 5) is 1.50. The second-order valence-electron chi connectivity index (χ2n) is 3.98. The van der Waals surface area contributed by atoms with Crippen LogP contribution in [-0.4, -0.2) is 18.1 Å². The van der Waals surface area contributed by atoms with Crippen molar-refractivity contribution in [2.75, 3.05) is 0 Å². The second-order valence-corrected chi connectivity index (χ2v) is 5.25. The molecular weight excluding hydrogens is 228 g/mol. The van der Waals surface area contributed by atoms with Gasteiger partial charge in [-0.25, -0.2) is 8.42 Å². The molecule has 0 rings (SSSR count). The van der Waals surface area contributed by atoms with E-state index in [0.717, 1.165) is 29.0 Å². The van der Waals surface area contributed by atoms with E-state index in [1.165, 1.54) is 0 Å². The Balaban J connectivity index is 4.82. The molecule has 88 valence electrons. The van der Waals surface area contributed by atoms with Crippen molar-refractivity contribution in [2.24, 2.45) is 11.8 Å². The molecule has 0 aromatic heterocycles. The van der Waals surface area contributed by atoms with Crippen molar-refractivity contribution < 1.29 is 8.42 Å². The summed E-state index contributed by atoms with van der Waals surface area (Å²) in [5.74, 6) is 0.695. The first-order valence-corrected chi connectivity index (χ1v) is 6.91. The van der Waals surface area contributed by atoms with Gasteiger partial charge in [0.15, 0.2) is 0 Å².